The molecule has 1 saturated heterocycles. The van der Waals surface area contributed by atoms with E-state index in [9.17, 15) is 9.59 Å². The average molecular weight is 330 g/mol. The van der Waals surface area contributed by atoms with E-state index in [1.807, 2.05) is 33.7 Å². The number of amides is 2. The number of aromatic nitrogens is 2. The van der Waals surface area contributed by atoms with Crippen LogP contribution < -0.4 is 5.32 Å². The number of likely N-dealkylation sites (tertiary alicyclic amines) is 1. The van der Waals surface area contributed by atoms with Crippen LogP contribution in [0.25, 0.3) is 11.0 Å². The first-order chi connectivity index (χ1) is 11.7. The van der Waals surface area contributed by atoms with Crippen LogP contribution in [0.3, 0.4) is 0 Å². The van der Waals surface area contributed by atoms with E-state index in [1.54, 1.807) is 0 Å². The van der Waals surface area contributed by atoms with Crippen LogP contribution in [-0.2, 0) is 27.4 Å². The van der Waals surface area contributed by atoms with Crippen molar-refractivity contribution in [2.75, 3.05) is 26.8 Å². The number of benzene rings is 1. The van der Waals surface area contributed by atoms with Crippen molar-refractivity contribution in [2.45, 2.75) is 25.9 Å². The van der Waals surface area contributed by atoms with Crippen molar-refractivity contribution < 1.29 is 14.3 Å². The summed E-state index contributed by atoms with van der Waals surface area (Å²) in [7, 11) is 1.48. The molecule has 2 heterocycles. The van der Waals surface area contributed by atoms with E-state index in [-0.39, 0.29) is 31.5 Å². The standard InChI is InChI=1S/C17H22N4O3/c1-24-12-16(22)18-10-15-19-13-6-2-3-7-14(13)21(15)11-17(23)20-8-4-5-9-20/h2-3,6-7H,4-5,8-12H2,1H3,(H,18,22). The number of rotatable bonds is 6. The van der Waals surface area contributed by atoms with Gasteiger partial charge in [-0.25, -0.2) is 4.98 Å². The van der Waals surface area contributed by atoms with Crippen molar-refractivity contribution in [2.24, 2.45) is 0 Å². The van der Waals surface area contributed by atoms with Crippen molar-refractivity contribution in [3.8, 4) is 0 Å². The summed E-state index contributed by atoms with van der Waals surface area (Å²) in [5, 5.41) is 2.77. The Labute approximate surface area is 140 Å². The van der Waals surface area contributed by atoms with Crippen molar-refractivity contribution >= 4 is 22.8 Å². The molecule has 0 atom stereocenters. The van der Waals surface area contributed by atoms with Gasteiger partial charge in [-0.2, -0.15) is 0 Å². The summed E-state index contributed by atoms with van der Waals surface area (Å²) in [6.45, 7) is 2.17. The van der Waals surface area contributed by atoms with Gasteiger partial charge in [0.2, 0.25) is 11.8 Å². The van der Waals surface area contributed by atoms with Crippen LogP contribution in [0.15, 0.2) is 24.3 Å². The third-order valence-corrected chi connectivity index (χ3v) is 4.20. The topological polar surface area (TPSA) is 76.5 Å². The van der Waals surface area contributed by atoms with E-state index in [0.717, 1.165) is 37.0 Å². The van der Waals surface area contributed by atoms with E-state index in [1.165, 1.54) is 7.11 Å². The third kappa shape index (κ3) is 3.56. The van der Waals surface area contributed by atoms with Crippen molar-refractivity contribution in [1.29, 1.82) is 0 Å². The van der Waals surface area contributed by atoms with Gasteiger partial charge >= 0.3 is 0 Å². The van der Waals surface area contributed by atoms with Gasteiger partial charge in [0.15, 0.2) is 0 Å². The molecule has 0 radical (unpaired) electrons. The third-order valence-electron chi connectivity index (χ3n) is 4.20. The fourth-order valence-electron chi connectivity index (χ4n) is 3.00. The highest BCUT2D eigenvalue weighted by Crippen LogP contribution is 2.17. The number of carbonyl (C=O) groups excluding carboxylic acids is 2. The lowest BCUT2D eigenvalue weighted by atomic mass is 10.3. The zero-order valence-electron chi connectivity index (χ0n) is 13.8. The Morgan fingerprint density at radius 2 is 2.00 bits per heavy atom. The molecule has 1 aromatic carbocycles. The van der Waals surface area contributed by atoms with Gasteiger partial charge in [-0.3, -0.25) is 9.59 Å². The number of hydrogen-bond donors (Lipinski definition) is 1. The van der Waals surface area contributed by atoms with Crippen molar-refractivity contribution in [3.63, 3.8) is 0 Å². The summed E-state index contributed by atoms with van der Waals surface area (Å²) in [6, 6.07) is 7.69. The van der Waals surface area contributed by atoms with E-state index in [4.69, 9.17) is 4.74 Å². The zero-order valence-corrected chi connectivity index (χ0v) is 13.8. The zero-order chi connectivity index (χ0) is 16.9. The highest BCUT2D eigenvalue weighted by Gasteiger charge is 2.20. The van der Waals surface area contributed by atoms with Crippen LogP contribution in [0.1, 0.15) is 18.7 Å². The summed E-state index contributed by atoms with van der Waals surface area (Å²) >= 11 is 0. The van der Waals surface area contributed by atoms with Gasteiger partial charge in [-0.15, -0.1) is 0 Å². The molecule has 1 aliphatic heterocycles. The summed E-state index contributed by atoms with van der Waals surface area (Å²) in [5.41, 5.74) is 1.73. The lowest BCUT2D eigenvalue weighted by Gasteiger charge is -2.17. The van der Waals surface area contributed by atoms with Crippen molar-refractivity contribution in [1.82, 2.24) is 19.8 Å². The second kappa shape index (κ2) is 7.44. The Hall–Kier alpha value is -2.41. The monoisotopic (exact) mass is 330 g/mol. The van der Waals surface area contributed by atoms with Gasteiger partial charge < -0.3 is 19.5 Å². The fourth-order valence-corrected chi connectivity index (χ4v) is 3.00. The number of nitrogens with zero attached hydrogens (tertiary/aromatic N) is 3. The molecule has 1 N–H and O–H groups in total. The molecule has 24 heavy (non-hydrogen) atoms. The smallest absolute Gasteiger partial charge is 0.246 e. The van der Waals surface area contributed by atoms with E-state index < -0.39 is 0 Å². The summed E-state index contributed by atoms with van der Waals surface area (Å²) < 4.78 is 6.71. The number of ether oxygens (including phenoxy) is 1. The molecule has 0 saturated carbocycles. The SMILES string of the molecule is COCC(=O)NCc1nc2ccccc2n1CC(=O)N1CCCC1. The minimum absolute atomic E-state index is 0.00688. The number of para-hydroxylation sites is 2. The predicted molar refractivity (Wildman–Crippen MR) is 89.3 cm³/mol. The van der Waals surface area contributed by atoms with E-state index >= 15 is 0 Å². The first-order valence-corrected chi connectivity index (χ1v) is 8.16. The minimum atomic E-state index is -0.207. The number of carbonyl (C=O) groups is 2. The van der Waals surface area contributed by atoms with Gasteiger partial charge in [-0.05, 0) is 25.0 Å². The average Bonchev–Trinajstić information content (AvgIpc) is 3.22. The molecule has 2 amide bonds. The second-order valence-corrected chi connectivity index (χ2v) is 5.90. The maximum atomic E-state index is 12.5. The van der Waals surface area contributed by atoms with E-state index in [2.05, 4.69) is 10.3 Å². The van der Waals surface area contributed by atoms with Crippen LogP contribution in [0.4, 0.5) is 0 Å². The van der Waals surface area contributed by atoms with Crippen molar-refractivity contribution in [3.05, 3.63) is 30.1 Å². The maximum Gasteiger partial charge on any atom is 0.246 e. The van der Waals surface area contributed by atoms with Gasteiger partial charge in [0.05, 0.1) is 17.6 Å². The Kier molecular flexibility index (Phi) is 5.10. The highest BCUT2D eigenvalue weighted by atomic mass is 16.5. The Morgan fingerprint density at radius 1 is 1.25 bits per heavy atom. The quantitative estimate of drug-likeness (QED) is 0.854. The summed E-state index contributed by atoms with van der Waals surface area (Å²) in [4.78, 5) is 30.6. The fraction of sp³-hybridized carbons (Fsp3) is 0.471. The number of fused-ring (bicyclic) bond motifs is 1. The molecular weight excluding hydrogens is 308 g/mol. The van der Waals surface area contributed by atoms with Gasteiger partial charge in [0.25, 0.3) is 0 Å². The predicted octanol–water partition coefficient (Wildman–Crippen LogP) is 0.921. The molecule has 1 aliphatic rings. The lowest BCUT2D eigenvalue weighted by molar-refractivity contribution is -0.130. The molecule has 7 nitrogen and oxygen atoms in total. The number of nitrogens with one attached hydrogen (secondary N) is 1. The Morgan fingerprint density at radius 3 is 2.75 bits per heavy atom. The van der Waals surface area contributed by atoms with Crippen LogP contribution in [0.2, 0.25) is 0 Å². The molecule has 0 spiro atoms. The first-order valence-electron chi connectivity index (χ1n) is 8.16. The second-order valence-electron chi connectivity index (χ2n) is 5.90. The van der Waals surface area contributed by atoms with Gasteiger partial charge in [-0.1, -0.05) is 12.1 Å². The maximum absolute atomic E-state index is 12.5. The first kappa shape index (κ1) is 16.4. The molecule has 0 unspecified atom stereocenters. The molecular formula is C17H22N4O3. The molecule has 1 aromatic heterocycles. The molecule has 3 rings (SSSR count). The normalized spacial score (nSPS) is 14.3. The summed E-state index contributed by atoms with van der Waals surface area (Å²) in [6.07, 6.45) is 2.13. The van der Waals surface area contributed by atoms with Crippen LogP contribution in [-0.4, -0.2) is 53.1 Å². The van der Waals surface area contributed by atoms with Crippen LogP contribution >= 0.6 is 0 Å². The van der Waals surface area contributed by atoms with E-state index in [0.29, 0.717) is 5.82 Å². The molecule has 2 aromatic rings. The molecule has 1 fully saturated rings. The number of hydrogen-bond acceptors (Lipinski definition) is 4. The molecule has 0 bridgehead atoms. The van der Waals surface area contributed by atoms with Gasteiger partial charge in [0.1, 0.15) is 19.0 Å². The minimum Gasteiger partial charge on any atom is -0.375 e. The van der Waals surface area contributed by atoms with Crippen LogP contribution in [0, 0.1) is 0 Å². The van der Waals surface area contributed by atoms with Crippen LogP contribution in [0.5, 0.6) is 0 Å². The molecule has 7 heteroatoms. The molecule has 0 aliphatic carbocycles. The summed E-state index contributed by atoms with van der Waals surface area (Å²) in [5.74, 6) is 0.565. The highest BCUT2D eigenvalue weighted by molar-refractivity contribution is 5.81. The number of methoxy groups -OCH3 is 1. The lowest BCUT2D eigenvalue weighted by Crippen LogP contribution is -2.33. The largest absolute Gasteiger partial charge is 0.375 e. The Balaban J connectivity index is 1.81. The number of imidazole rings is 1. The Bertz CT molecular complexity index is 735. The molecule has 128 valence electrons. The van der Waals surface area contributed by atoms with Gasteiger partial charge in [0, 0.05) is 20.2 Å².